The molecule has 0 spiro atoms. The van der Waals surface area contributed by atoms with Crippen molar-refractivity contribution in [1.82, 2.24) is 10.2 Å². The van der Waals surface area contributed by atoms with E-state index in [9.17, 15) is 31.2 Å². The van der Waals surface area contributed by atoms with Gasteiger partial charge in [-0.25, -0.2) is 8.42 Å². The highest BCUT2D eigenvalue weighted by atomic mass is 35.5. The Balaban J connectivity index is 1.61. The molecule has 1 aliphatic rings. The Hall–Kier alpha value is -4.06. The van der Waals surface area contributed by atoms with Gasteiger partial charge in [0.15, 0.2) is 0 Å². The van der Waals surface area contributed by atoms with Gasteiger partial charge in [-0.05, 0) is 73.4 Å². The molecule has 13 heteroatoms. The minimum atomic E-state index is -4.78. The SMILES string of the molecule is Cc1ccc(S(=O)(=O)N(CC(=O)N(Cc2ccc(Cl)cc2Cl)C(Cc2ccccc2)C(=O)NC2CCCC2)c2cccc(C(F)(F)F)c2)cc1. The van der Waals surface area contributed by atoms with E-state index in [1.54, 1.807) is 43.3 Å². The molecule has 0 saturated heterocycles. The highest BCUT2D eigenvalue weighted by Gasteiger charge is 2.37. The van der Waals surface area contributed by atoms with E-state index in [2.05, 4.69) is 5.32 Å². The molecule has 7 nitrogen and oxygen atoms in total. The molecule has 1 saturated carbocycles. The van der Waals surface area contributed by atoms with Crippen molar-refractivity contribution in [1.29, 1.82) is 0 Å². The van der Waals surface area contributed by atoms with E-state index in [-0.39, 0.29) is 34.6 Å². The summed E-state index contributed by atoms with van der Waals surface area (Å²) >= 11 is 12.7. The number of anilines is 1. The zero-order chi connectivity index (χ0) is 36.1. The number of nitrogens with zero attached hydrogens (tertiary/aromatic N) is 2. The van der Waals surface area contributed by atoms with Crippen LogP contribution in [0.15, 0.2) is 102 Å². The predicted molar refractivity (Wildman–Crippen MR) is 188 cm³/mol. The summed E-state index contributed by atoms with van der Waals surface area (Å²) in [7, 11) is -4.60. The van der Waals surface area contributed by atoms with E-state index < -0.39 is 46.2 Å². The fourth-order valence-corrected chi connectivity index (χ4v) is 7.83. The largest absolute Gasteiger partial charge is 0.416 e. The lowest BCUT2D eigenvalue weighted by atomic mass is 10.0. The minimum absolute atomic E-state index is 0.0740. The Kier molecular flexibility index (Phi) is 11.8. The maximum Gasteiger partial charge on any atom is 0.416 e. The average molecular weight is 747 g/mol. The van der Waals surface area contributed by atoms with E-state index in [4.69, 9.17) is 23.2 Å². The molecule has 1 aliphatic carbocycles. The topological polar surface area (TPSA) is 86.8 Å². The van der Waals surface area contributed by atoms with Gasteiger partial charge in [0.2, 0.25) is 11.8 Å². The van der Waals surface area contributed by atoms with Gasteiger partial charge in [0, 0.05) is 29.1 Å². The quantitative estimate of drug-likeness (QED) is 0.158. The van der Waals surface area contributed by atoms with Crippen LogP contribution in [0.2, 0.25) is 10.0 Å². The van der Waals surface area contributed by atoms with Gasteiger partial charge in [-0.3, -0.25) is 13.9 Å². The molecule has 4 aromatic rings. The molecule has 264 valence electrons. The lowest BCUT2D eigenvalue weighted by molar-refractivity contribution is -0.140. The number of hydrogen-bond donors (Lipinski definition) is 1. The Morgan fingerprint density at radius 2 is 1.58 bits per heavy atom. The number of carbonyl (C=O) groups excluding carboxylic acids is 2. The van der Waals surface area contributed by atoms with Crippen molar-refractivity contribution in [2.24, 2.45) is 0 Å². The third kappa shape index (κ3) is 9.18. The van der Waals surface area contributed by atoms with Crippen LogP contribution in [0.3, 0.4) is 0 Å². The standard InChI is InChI=1S/C37H36Cl2F3N3O4S/c1-25-14-18-32(19-15-25)50(48,49)45(31-13-7-10-28(21-31)37(40,41)42)24-35(46)44(23-27-16-17-29(38)22-33(27)39)34(20-26-8-3-2-4-9-26)36(47)43-30-11-5-6-12-30/h2-4,7-10,13-19,21-22,30,34H,5-6,11-12,20,23-24H2,1H3,(H,43,47). The molecular weight excluding hydrogens is 710 g/mol. The number of rotatable bonds is 12. The van der Waals surface area contributed by atoms with Gasteiger partial charge < -0.3 is 10.2 Å². The van der Waals surface area contributed by atoms with Gasteiger partial charge in [-0.15, -0.1) is 0 Å². The van der Waals surface area contributed by atoms with Gasteiger partial charge in [-0.2, -0.15) is 13.2 Å². The molecular formula is C37H36Cl2F3N3O4S. The maximum absolute atomic E-state index is 14.6. The van der Waals surface area contributed by atoms with Crippen LogP contribution in [0.4, 0.5) is 18.9 Å². The number of aryl methyl sites for hydroxylation is 1. The van der Waals surface area contributed by atoms with Gasteiger partial charge in [0.05, 0.1) is 16.1 Å². The number of sulfonamides is 1. The maximum atomic E-state index is 14.6. The van der Waals surface area contributed by atoms with Gasteiger partial charge in [-0.1, -0.05) is 96.2 Å². The summed E-state index contributed by atoms with van der Waals surface area (Å²) in [5.41, 5.74) is 0.473. The Morgan fingerprint density at radius 1 is 0.900 bits per heavy atom. The van der Waals surface area contributed by atoms with Crippen molar-refractivity contribution in [2.45, 2.75) is 68.7 Å². The van der Waals surface area contributed by atoms with Crippen LogP contribution in [0.25, 0.3) is 0 Å². The van der Waals surface area contributed by atoms with Crippen LogP contribution < -0.4 is 9.62 Å². The summed E-state index contributed by atoms with van der Waals surface area (Å²) in [6.07, 6.45) is -1.27. The first-order chi connectivity index (χ1) is 23.7. The summed E-state index contributed by atoms with van der Waals surface area (Å²) < 4.78 is 70.6. The molecule has 0 aliphatic heterocycles. The molecule has 0 radical (unpaired) electrons. The molecule has 1 atom stereocenters. The first kappa shape index (κ1) is 37.2. The fourth-order valence-electron chi connectivity index (χ4n) is 5.96. The van der Waals surface area contributed by atoms with Gasteiger partial charge in [0.1, 0.15) is 12.6 Å². The predicted octanol–water partition coefficient (Wildman–Crippen LogP) is 8.21. The molecule has 50 heavy (non-hydrogen) atoms. The number of benzene rings is 4. The molecule has 1 N–H and O–H groups in total. The third-order valence-electron chi connectivity index (χ3n) is 8.68. The summed E-state index contributed by atoms with van der Waals surface area (Å²) in [6.45, 7) is 0.629. The van der Waals surface area contributed by atoms with Crippen LogP contribution in [0, 0.1) is 6.92 Å². The highest BCUT2D eigenvalue weighted by molar-refractivity contribution is 7.92. The minimum Gasteiger partial charge on any atom is -0.352 e. The monoisotopic (exact) mass is 745 g/mol. The van der Waals surface area contributed by atoms with Crippen LogP contribution in [-0.4, -0.2) is 43.8 Å². The molecule has 1 unspecified atom stereocenters. The van der Waals surface area contributed by atoms with Crippen molar-refractivity contribution >= 4 is 50.7 Å². The third-order valence-corrected chi connectivity index (χ3v) is 11.1. The Morgan fingerprint density at radius 3 is 2.22 bits per heavy atom. The molecule has 1 fully saturated rings. The first-order valence-corrected chi connectivity index (χ1v) is 18.3. The van der Waals surface area contributed by atoms with Crippen LogP contribution in [-0.2, 0) is 38.8 Å². The summed E-state index contributed by atoms with van der Waals surface area (Å²) in [5, 5.41) is 3.63. The van der Waals surface area contributed by atoms with E-state index >= 15 is 0 Å². The molecule has 4 aromatic carbocycles. The van der Waals surface area contributed by atoms with E-state index in [1.165, 1.54) is 29.2 Å². The zero-order valence-corrected chi connectivity index (χ0v) is 29.5. The molecule has 0 heterocycles. The number of nitrogens with one attached hydrogen (secondary N) is 1. The van der Waals surface area contributed by atoms with E-state index in [0.29, 0.717) is 21.0 Å². The zero-order valence-electron chi connectivity index (χ0n) is 27.2. The van der Waals surface area contributed by atoms with Gasteiger partial charge >= 0.3 is 6.18 Å². The number of carbonyl (C=O) groups is 2. The lowest BCUT2D eigenvalue weighted by Gasteiger charge is -2.34. The number of hydrogen-bond acceptors (Lipinski definition) is 4. The van der Waals surface area contributed by atoms with Crippen molar-refractivity contribution in [3.05, 3.63) is 129 Å². The Labute approximate surface area is 300 Å². The second kappa shape index (κ2) is 15.9. The number of amides is 2. The second-order valence-corrected chi connectivity index (χ2v) is 15.0. The normalized spacial score (nSPS) is 14.3. The van der Waals surface area contributed by atoms with Crippen molar-refractivity contribution in [3.8, 4) is 0 Å². The molecule has 0 bridgehead atoms. The summed E-state index contributed by atoms with van der Waals surface area (Å²) in [5.74, 6) is -1.27. The molecule has 0 aromatic heterocycles. The van der Waals surface area contributed by atoms with Crippen LogP contribution in [0.5, 0.6) is 0 Å². The van der Waals surface area contributed by atoms with Gasteiger partial charge in [0.25, 0.3) is 10.0 Å². The molecule has 2 amide bonds. The number of alkyl halides is 3. The van der Waals surface area contributed by atoms with Crippen molar-refractivity contribution < 1.29 is 31.2 Å². The van der Waals surface area contributed by atoms with Crippen molar-refractivity contribution in [2.75, 3.05) is 10.8 Å². The second-order valence-electron chi connectivity index (χ2n) is 12.3. The van der Waals surface area contributed by atoms with Crippen LogP contribution in [0.1, 0.15) is 47.9 Å². The van der Waals surface area contributed by atoms with Crippen molar-refractivity contribution in [3.63, 3.8) is 0 Å². The lowest BCUT2D eigenvalue weighted by Crippen LogP contribution is -2.54. The Bertz CT molecular complexity index is 1920. The molecule has 5 rings (SSSR count). The number of halogens is 5. The summed E-state index contributed by atoms with van der Waals surface area (Å²) in [4.78, 5) is 29.8. The highest BCUT2D eigenvalue weighted by Crippen LogP contribution is 2.34. The summed E-state index contributed by atoms with van der Waals surface area (Å²) in [6, 6.07) is 22.0. The fraction of sp³-hybridized carbons (Fsp3) is 0.297. The van der Waals surface area contributed by atoms with Crippen LogP contribution >= 0.6 is 23.2 Å². The average Bonchev–Trinajstić information content (AvgIpc) is 3.59. The smallest absolute Gasteiger partial charge is 0.352 e. The first-order valence-electron chi connectivity index (χ1n) is 16.1. The van der Waals surface area contributed by atoms with E-state index in [0.717, 1.165) is 48.9 Å². The van der Waals surface area contributed by atoms with E-state index in [1.807, 2.05) is 18.2 Å².